The average Bonchev–Trinajstić information content (AvgIpc) is 3.13. The highest BCUT2D eigenvalue weighted by atomic mass is 16.6. The Labute approximate surface area is 273 Å². The molecule has 8 rings (SSSR count). The van der Waals surface area contributed by atoms with Gasteiger partial charge in [-0.15, -0.1) is 0 Å². The first-order valence-corrected chi connectivity index (χ1v) is 13.8. The SMILES string of the molecule is [2H]C([2H])([2H])c1cc(-c2cccc3c2Oc2ccccc2O3)c(C([2H])([2H])[2H])cc1-c1cc(C([2H])([2H])[2H])c(-c2cccc3c2Oc2ccccc2O3)cc1C([2H])([2H])[2H]. The number of fused-ring (bicyclic) bond motifs is 4. The van der Waals surface area contributed by atoms with Gasteiger partial charge in [0.25, 0.3) is 0 Å². The van der Waals surface area contributed by atoms with E-state index < -0.39 is 38.5 Å². The third-order valence-electron chi connectivity index (χ3n) is 7.71. The van der Waals surface area contributed by atoms with Crippen LogP contribution in [0, 0.1) is 27.4 Å². The molecule has 0 bridgehead atoms. The fourth-order valence-electron chi connectivity index (χ4n) is 5.61. The molecular weight excluding hydrogens is 544 g/mol. The van der Waals surface area contributed by atoms with Crippen LogP contribution in [-0.4, -0.2) is 0 Å². The molecule has 6 aromatic carbocycles. The molecule has 0 fully saturated rings. The summed E-state index contributed by atoms with van der Waals surface area (Å²) in [6.45, 7) is -11.6. The van der Waals surface area contributed by atoms with Crippen LogP contribution >= 0.6 is 0 Å². The van der Waals surface area contributed by atoms with Crippen molar-refractivity contribution in [3.63, 3.8) is 0 Å². The van der Waals surface area contributed by atoms with E-state index in [2.05, 4.69) is 0 Å². The topological polar surface area (TPSA) is 36.9 Å². The van der Waals surface area contributed by atoms with E-state index in [1.54, 1.807) is 84.9 Å². The van der Waals surface area contributed by atoms with E-state index in [1.807, 2.05) is 0 Å². The quantitative estimate of drug-likeness (QED) is 0.206. The molecule has 0 spiro atoms. The molecule has 0 N–H and O–H groups in total. The summed E-state index contributed by atoms with van der Waals surface area (Å²) in [6, 6.07) is 28.0. The monoisotopic (exact) mass is 586 g/mol. The molecule has 0 radical (unpaired) electrons. The van der Waals surface area contributed by atoms with Gasteiger partial charge in [0.2, 0.25) is 0 Å². The third-order valence-corrected chi connectivity index (χ3v) is 7.71. The van der Waals surface area contributed by atoms with Crippen molar-refractivity contribution in [1.29, 1.82) is 0 Å². The standard InChI is InChI=1S/C40H30O4/c1-23-21-31(25(3)19-29(23)27-11-9-17-37-39(27)43-35-15-7-5-13-33(35)41-37)32-22-24(2)30(20-26(32)4)28-12-10-18-38-40(28)44-36-16-8-6-14-34(36)42-38/h5-22H,1-4H3/i1D3,2D3,3D3,4D3. The van der Waals surface area contributed by atoms with Crippen molar-refractivity contribution in [3.05, 3.63) is 131 Å². The maximum atomic E-state index is 8.63. The largest absolute Gasteiger partial charge is 0.449 e. The Morgan fingerprint density at radius 3 is 1.02 bits per heavy atom. The van der Waals surface area contributed by atoms with Gasteiger partial charge in [0.05, 0.1) is 0 Å². The van der Waals surface area contributed by atoms with Crippen LogP contribution in [0.3, 0.4) is 0 Å². The Balaban J connectivity index is 1.39. The third kappa shape index (κ3) is 4.22. The predicted molar refractivity (Wildman–Crippen MR) is 175 cm³/mol. The van der Waals surface area contributed by atoms with Crippen LogP contribution in [0.5, 0.6) is 46.0 Å². The summed E-state index contributed by atoms with van der Waals surface area (Å²) >= 11 is 0. The van der Waals surface area contributed by atoms with E-state index in [4.69, 9.17) is 35.4 Å². The molecule has 0 aliphatic carbocycles. The highest BCUT2D eigenvalue weighted by molar-refractivity contribution is 5.85. The summed E-state index contributed by atoms with van der Waals surface area (Å²) in [5.41, 5.74) is -1.63. The van der Waals surface area contributed by atoms with E-state index in [-0.39, 0.29) is 67.5 Å². The summed E-state index contributed by atoms with van der Waals surface area (Å²) in [6.07, 6.45) is 0. The zero-order valence-corrected chi connectivity index (χ0v) is 23.0. The molecule has 4 heteroatoms. The first-order chi connectivity index (χ1) is 26.3. The van der Waals surface area contributed by atoms with Crippen LogP contribution in [0.2, 0.25) is 0 Å². The van der Waals surface area contributed by atoms with Crippen LogP contribution in [0.4, 0.5) is 0 Å². The summed E-state index contributed by atoms with van der Waals surface area (Å²) in [7, 11) is 0. The van der Waals surface area contributed by atoms with Crippen LogP contribution in [0.25, 0.3) is 33.4 Å². The molecule has 44 heavy (non-hydrogen) atoms. The smallest absolute Gasteiger partial charge is 0.177 e. The molecule has 6 aromatic rings. The average molecular weight is 587 g/mol. The summed E-state index contributed by atoms with van der Waals surface area (Å²) in [5.74, 6) is 2.40. The Bertz CT molecular complexity index is 2370. The van der Waals surface area contributed by atoms with Crippen molar-refractivity contribution in [2.24, 2.45) is 0 Å². The van der Waals surface area contributed by atoms with E-state index in [1.165, 1.54) is 12.1 Å². The lowest BCUT2D eigenvalue weighted by Gasteiger charge is -2.24. The van der Waals surface area contributed by atoms with E-state index >= 15 is 0 Å². The van der Waals surface area contributed by atoms with Gasteiger partial charge in [-0.1, -0.05) is 72.8 Å². The lowest BCUT2D eigenvalue weighted by molar-refractivity contribution is 0.361. The van der Waals surface area contributed by atoms with Gasteiger partial charge >= 0.3 is 0 Å². The number of ether oxygens (including phenoxy) is 4. The molecular formula is C40H30O4. The normalized spacial score (nSPS) is 17.5. The lowest BCUT2D eigenvalue weighted by atomic mass is 9.87. The second-order valence-electron chi connectivity index (χ2n) is 10.5. The minimum Gasteiger partial charge on any atom is -0.449 e. The molecule has 214 valence electrons. The van der Waals surface area contributed by atoms with Crippen molar-refractivity contribution in [3.8, 4) is 79.4 Å². The molecule has 0 saturated heterocycles. The molecule has 4 nitrogen and oxygen atoms in total. The van der Waals surface area contributed by atoms with Crippen LogP contribution in [0.1, 0.15) is 38.7 Å². The molecule has 0 atom stereocenters. The maximum absolute atomic E-state index is 8.63. The number of para-hydroxylation sites is 6. The van der Waals surface area contributed by atoms with Crippen molar-refractivity contribution < 1.29 is 35.4 Å². The van der Waals surface area contributed by atoms with Gasteiger partial charge in [-0.25, -0.2) is 0 Å². The van der Waals surface area contributed by atoms with Gasteiger partial charge in [-0.05, 0) is 108 Å². The summed E-state index contributed by atoms with van der Waals surface area (Å²) < 4.78 is 128. The number of hydrogen-bond acceptors (Lipinski definition) is 4. The number of rotatable bonds is 3. The second kappa shape index (κ2) is 10.1. The first-order valence-electron chi connectivity index (χ1n) is 19.8. The Hall–Kier alpha value is -5.48. The Morgan fingerprint density at radius 1 is 0.341 bits per heavy atom. The van der Waals surface area contributed by atoms with E-state index in [0.29, 0.717) is 23.0 Å². The summed E-state index contributed by atoms with van der Waals surface area (Å²) in [4.78, 5) is 0. The maximum Gasteiger partial charge on any atom is 0.177 e. The van der Waals surface area contributed by atoms with Gasteiger partial charge in [0, 0.05) is 27.6 Å². The van der Waals surface area contributed by atoms with Gasteiger partial charge in [-0.2, -0.15) is 0 Å². The molecule has 2 aliphatic rings. The number of benzene rings is 6. The zero-order valence-electron chi connectivity index (χ0n) is 35.0. The molecule has 2 aliphatic heterocycles. The lowest BCUT2D eigenvalue weighted by Crippen LogP contribution is -2.01. The first kappa shape index (κ1) is 16.4. The van der Waals surface area contributed by atoms with Crippen molar-refractivity contribution in [1.82, 2.24) is 0 Å². The minimum absolute atomic E-state index is 0.0175. The van der Waals surface area contributed by atoms with Crippen LogP contribution in [0.15, 0.2) is 109 Å². The molecule has 0 amide bonds. The molecule has 2 heterocycles. The van der Waals surface area contributed by atoms with Crippen molar-refractivity contribution in [2.45, 2.75) is 27.4 Å². The number of hydrogen-bond donors (Lipinski definition) is 0. The molecule has 0 aromatic heterocycles. The fourth-order valence-corrected chi connectivity index (χ4v) is 5.61. The fraction of sp³-hybridized carbons (Fsp3) is 0.100. The highest BCUT2D eigenvalue weighted by Crippen LogP contribution is 2.52. The molecule has 0 unspecified atom stereocenters. The Morgan fingerprint density at radius 2 is 0.659 bits per heavy atom. The van der Waals surface area contributed by atoms with Gasteiger partial charge in [-0.3, -0.25) is 0 Å². The van der Waals surface area contributed by atoms with Crippen molar-refractivity contribution >= 4 is 0 Å². The van der Waals surface area contributed by atoms with Gasteiger partial charge in [0.1, 0.15) is 0 Å². The van der Waals surface area contributed by atoms with Gasteiger partial charge < -0.3 is 18.9 Å². The van der Waals surface area contributed by atoms with Crippen LogP contribution < -0.4 is 18.9 Å². The van der Waals surface area contributed by atoms with E-state index in [9.17, 15) is 0 Å². The number of aryl methyl sites for hydroxylation is 4. The Kier molecular flexibility index (Phi) is 3.75. The van der Waals surface area contributed by atoms with Crippen LogP contribution in [-0.2, 0) is 0 Å². The van der Waals surface area contributed by atoms with E-state index in [0.717, 1.165) is 12.1 Å². The van der Waals surface area contributed by atoms with Gasteiger partial charge in [0.15, 0.2) is 46.0 Å². The van der Waals surface area contributed by atoms with Crippen molar-refractivity contribution in [2.75, 3.05) is 0 Å². The summed E-state index contributed by atoms with van der Waals surface area (Å²) in [5, 5.41) is 0. The predicted octanol–water partition coefficient (Wildman–Crippen LogP) is 11.7. The zero-order chi connectivity index (χ0) is 39.9. The second-order valence-corrected chi connectivity index (χ2v) is 10.5. The molecule has 0 saturated carbocycles. The minimum atomic E-state index is -2.95. The highest BCUT2D eigenvalue weighted by Gasteiger charge is 2.25.